The summed E-state index contributed by atoms with van der Waals surface area (Å²) in [6, 6.07) is 8.69. The number of rotatable bonds is 5. The van der Waals surface area contributed by atoms with Crippen LogP contribution in [0, 0.1) is 17.6 Å². The number of sulfone groups is 1. The van der Waals surface area contributed by atoms with Crippen molar-refractivity contribution in [2.75, 3.05) is 5.32 Å². The van der Waals surface area contributed by atoms with Crippen molar-refractivity contribution in [3.63, 3.8) is 0 Å². The van der Waals surface area contributed by atoms with E-state index < -0.39 is 44.9 Å². The van der Waals surface area contributed by atoms with Crippen molar-refractivity contribution in [2.24, 2.45) is 0 Å². The molecule has 0 bridgehead atoms. The van der Waals surface area contributed by atoms with Crippen molar-refractivity contribution >= 4 is 33.2 Å². The van der Waals surface area contributed by atoms with Gasteiger partial charge < -0.3 is 5.32 Å². The summed E-state index contributed by atoms with van der Waals surface area (Å²) in [5, 5.41) is 1.95. The van der Waals surface area contributed by atoms with E-state index in [0.717, 1.165) is 6.07 Å². The third-order valence-electron chi connectivity index (χ3n) is 3.71. The Morgan fingerprint density at radius 2 is 1.86 bits per heavy atom. The summed E-state index contributed by atoms with van der Waals surface area (Å²) >= 11 is 5.99. The minimum absolute atomic E-state index is 0.116. The van der Waals surface area contributed by atoms with E-state index in [9.17, 15) is 26.4 Å². The second-order valence-corrected chi connectivity index (χ2v) is 8.14. The number of amides is 1. The lowest BCUT2D eigenvalue weighted by Gasteiger charge is -2.10. The summed E-state index contributed by atoms with van der Waals surface area (Å²) in [5.74, 6) is -7.00. The Labute approximate surface area is 168 Å². The molecule has 150 valence electrons. The molecule has 0 aliphatic rings. The Morgan fingerprint density at radius 3 is 2.52 bits per heavy atom. The van der Waals surface area contributed by atoms with Crippen molar-refractivity contribution in [1.82, 2.24) is 9.97 Å². The number of nitrogens with one attached hydrogen (secondary N) is 1. The first-order valence-corrected chi connectivity index (χ1v) is 9.95. The first kappa shape index (κ1) is 20.7. The molecule has 0 saturated carbocycles. The number of anilines is 1. The Balaban J connectivity index is 1.89. The van der Waals surface area contributed by atoms with Crippen LogP contribution in [-0.2, 0) is 15.6 Å². The van der Waals surface area contributed by atoms with Gasteiger partial charge >= 0.3 is 0 Å². The topological polar surface area (TPSA) is 89.0 Å². The largest absolute Gasteiger partial charge is 0.306 e. The maximum Gasteiger partial charge on any atom is 0.256 e. The van der Waals surface area contributed by atoms with Crippen LogP contribution in [-0.4, -0.2) is 24.3 Å². The number of carbonyl (C=O) groups is 1. The summed E-state index contributed by atoms with van der Waals surface area (Å²) in [6.07, 6.45) is 1.43. The maximum absolute atomic E-state index is 13.3. The molecule has 1 amide bonds. The van der Waals surface area contributed by atoms with Gasteiger partial charge in [0.25, 0.3) is 11.9 Å². The van der Waals surface area contributed by atoms with Gasteiger partial charge in [0.05, 0.1) is 21.4 Å². The number of pyridine rings is 2. The normalized spacial score (nSPS) is 11.3. The van der Waals surface area contributed by atoms with Crippen molar-refractivity contribution < 1.29 is 26.4 Å². The molecule has 0 spiro atoms. The molecular formula is C18H11ClF3N3O3S. The quantitative estimate of drug-likeness (QED) is 0.609. The van der Waals surface area contributed by atoms with Crippen LogP contribution >= 0.6 is 11.6 Å². The molecule has 0 saturated heterocycles. The molecule has 29 heavy (non-hydrogen) atoms. The zero-order valence-corrected chi connectivity index (χ0v) is 15.9. The number of benzene rings is 1. The highest BCUT2D eigenvalue weighted by Crippen LogP contribution is 2.26. The minimum atomic E-state index is -3.95. The lowest BCUT2D eigenvalue weighted by Crippen LogP contribution is -2.15. The van der Waals surface area contributed by atoms with Gasteiger partial charge in [-0.05, 0) is 30.3 Å². The molecule has 0 aliphatic carbocycles. The lowest BCUT2D eigenvalue weighted by molar-refractivity contribution is 0.102. The summed E-state index contributed by atoms with van der Waals surface area (Å²) in [6.45, 7) is 0. The van der Waals surface area contributed by atoms with Crippen molar-refractivity contribution in [2.45, 2.75) is 10.6 Å². The van der Waals surface area contributed by atoms with Crippen molar-refractivity contribution in [3.05, 3.63) is 82.5 Å². The Bertz CT molecular complexity index is 1170. The van der Waals surface area contributed by atoms with Crippen molar-refractivity contribution in [1.29, 1.82) is 0 Å². The van der Waals surface area contributed by atoms with Gasteiger partial charge in [-0.25, -0.2) is 12.8 Å². The van der Waals surface area contributed by atoms with Crippen LogP contribution in [0.4, 0.5) is 19.0 Å². The lowest BCUT2D eigenvalue weighted by atomic mass is 10.2. The van der Waals surface area contributed by atoms with Crippen LogP contribution in [0.5, 0.6) is 0 Å². The smallest absolute Gasteiger partial charge is 0.256 e. The van der Waals surface area contributed by atoms with Crippen LogP contribution in [0.15, 0.2) is 53.6 Å². The van der Waals surface area contributed by atoms with Crippen LogP contribution in [0.25, 0.3) is 0 Å². The Kier molecular flexibility index (Phi) is 5.85. The standard InChI is InChI=1S/C18H11ClF3N3O3S/c19-12-5-4-10(18(26)25-15-8-13(20)16(21)17(22)24-15)7-14(12)29(27,28)9-11-3-1-2-6-23-11/h1-8H,9H2,(H,24,25,26). The molecule has 2 aromatic heterocycles. The fourth-order valence-electron chi connectivity index (χ4n) is 2.36. The molecule has 0 unspecified atom stereocenters. The predicted octanol–water partition coefficient (Wildman–Crippen LogP) is 3.77. The van der Waals surface area contributed by atoms with Gasteiger partial charge in [-0.3, -0.25) is 9.78 Å². The second kappa shape index (κ2) is 8.18. The molecule has 0 aliphatic heterocycles. The number of aromatic nitrogens is 2. The van der Waals surface area contributed by atoms with Crippen LogP contribution in [0.1, 0.15) is 16.1 Å². The van der Waals surface area contributed by atoms with Gasteiger partial charge in [0.15, 0.2) is 15.7 Å². The van der Waals surface area contributed by atoms with E-state index in [2.05, 4.69) is 15.3 Å². The van der Waals surface area contributed by atoms with E-state index in [-0.39, 0.29) is 21.2 Å². The summed E-state index contributed by atoms with van der Waals surface area (Å²) in [4.78, 5) is 19.0. The van der Waals surface area contributed by atoms with Gasteiger partial charge in [-0.1, -0.05) is 17.7 Å². The third-order valence-corrected chi connectivity index (χ3v) is 5.83. The van der Waals surface area contributed by atoms with E-state index in [1.54, 1.807) is 12.1 Å². The number of hydrogen-bond acceptors (Lipinski definition) is 5. The molecule has 0 atom stereocenters. The predicted molar refractivity (Wildman–Crippen MR) is 98.6 cm³/mol. The van der Waals surface area contributed by atoms with Gasteiger partial charge in [-0.15, -0.1) is 0 Å². The Hall–Kier alpha value is -2.98. The zero-order valence-electron chi connectivity index (χ0n) is 14.4. The summed E-state index contributed by atoms with van der Waals surface area (Å²) < 4.78 is 64.8. The van der Waals surface area contributed by atoms with Gasteiger partial charge in [0.1, 0.15) is 5.82 Å². The average Bonchev–Trinajstić information content (AvgIpc) is 2.66. The molecular weight excluding hydrogens is 431 g/mol. The van der Waals surface area contributed by atoms with Crippen LogP contribution in [0.2, 0.25) is 5.02 Å². The summed E-state index contributed by atoms with van der Waals surface area (Å²) in [7, 11) is -3.95. The fraction of sp³-hybridized carbons (Fsp3) is 0.0556. The zero-order chi connectivity index (χ0) is 21.2. The first-order valence-electron chi connectivity index (χ1n) is 7.92. The number of hydrogen-bond donors (Lipinski definition) is 1. The van der Waals surface area contributed by atoms with Gasteiger partial charge in [0.2, 0.25) is 5.82 Å². The van der Waals surface area contributed by atoms with Crippen LogP contribution in [0.3, 0.4) is 0 Å². The molecule has 1 aromatic carbocycles. The SMILES string of the molecule is O=C(Nc1cc(F)c(F)c(F)n1)c1ccc(Cl)c(S(=O)(=O)Cc2ccccn2)c1. The molecule has 2 heterocycles. The number of nitrogens with zero attached hydrogens (tertiary/aromatic N) is 2. The van der Waals surface area contributed by atoms with E-state index in [4.69, 9.17) is 11.6 Å². The van der Waals surface area contributed by atoms with E-state index in [0.29, 0.717) is 6.07 Å². The molecule has 1 N–H and O–H groups in total. The highest BCUT2D eigenvalue weighted by atomic mass is 35.5. The summed E-state index contributed by atoms with van der Waals surface area (Å²) in [5.41, 5.74) is 0.112. The van der Waals surface area contributed by atoms with E-state index in [1.165, 1.54) is 24.4 Å². The van der Waals surface area contributed by atoms with Crippen molar-refractivity contribution in [3.8, 4) is 0 Å². The molecule has 3 aromatic rings. The monoisotopic (exact) mass is 441 g/mol. The van der Waals surface area contributed by atoms with Gasteiger partial charge in [-0.2, -0.15) is 13.8 Å². The highest BCUT2D eigenvalue weighted by molar-refractivity contribution is 7.90. The van der Waals surface area contributed by atoms with Crippen LogP contribution < -0.4 is 5.32 Å². The molecule has 11 heteroatoms. The van der Waals surface area contributed by atoms with E-state index in [1.807, 2.05) is 0 Å². The fourth-order valence-corrected chi connectivity index (χ4v) is 4.22. The highest BCUT2D eigenvalue weighted by Gasteiger charge is 2.22. The molecule has 0 fully saturated rings. The number of halogens is 4. The van der Waals surface area contributed by atoms with Gasteiger partial charge in [0, 0.05) is 17.8 Å². The Morgan fingerprint density at radius 1 is 1.10 bits per heavy atom. The number of carbonyl (C=O) groups excluding carboxylic acids is 1. The minimum Gasteiger partial charge on any atom is -0.306 e. The first-order chi connectivity index (χ1) is 13.7. The molecule has 0 radical (unpaired) electrons. The molecule has 3 rings (SSSR count). The third kappa shape index (κ3) is 4.72. The maximum atomic E-state index is 13.3. The average molecular weight is 442 g/mol. The molecule has 6 nitrogen and oxygen atoms in total. The second-order valence-electron chi connectivity index (χ2n) is 5.77. The van der Waals surface area contributed by atoms with E-state index >= 15 is 0 Å².